The molecule has 4 nitrogen and oxygen atoms in total. The van der Waals surface area contributed by atoms with Gasteiger partial charge in [-0.3, -0.25) is 0 Å². The van der Waals surface area contributed by atoms with E-state index in [1.165, 1.54) is 18.5 Å². The van der Waals surface area contributed by atoms with Gasteiger partial charge in [-0.25, -0.2) is 0 Å². The maximum absolute atomic E-state index is 12.3. The van der Waals surface area contributed by atoms with Gasteiger partial charge in [0.2, 0.25) is 0 Å². The van der Waals surface area contributed by atoms with Crippen LogP contribution in [-0.4, -0.2) is 42.8 Å². The number of aliphatic hydroxyl groups is 1. The molecular formula is C12H18F3NO3. The molecule has 1 unspecified atom stereocenters. The van der Waals surface area contributed by atoms with Gasteiger partial charge in [0.15, 0.2) is 6.10 Å². The summed E-state index contributed by atoms with van der Waals surface area (Å²) in [6.07, 6.45) is -3.56. The second-order valence-corrected chi connectivity index (χ2v) is 4.09. The fourth-order valence-electron chi connectivity index (χ4n) is 1.54. The lowest BCUT2D eigenvalue weighted by atomic mass is 10.2. The minimum Gasteiger partial charge on any atom is -0.382 e. The van der Waals surface area contributed by atoms with E-state index in [1.54, 1.807) is 11.7 Å². The predicted molar refractivity (Wildman–Crippen MR) is 62.8 cm³/mol. The van der Waals surface area contributed by atoms with Crippen molar-refractivity contribution in [2.24, 2.45) is 0 Å². The van der Waals surface area contributed by atoms with Crippen molar-refractivity contribution in [1.82, 2.24) is 4.57 Å². The van der Waals surface area contributed by atoms with Gasteiger partial charge in [-0.1, -0.05) is 0 Å². The highest BCUT2D eigenvalue weighted by molar-refractivity contribution is 5.15. The number of aromatic nitrogens is 1. The van der Waals surface area contributed by atoms with E-state index in [2.05, 4.69) is 0 Å². The molecule has 0 fully saturated rings. The number of methoxy groups -OCH3 is 1. The monoisotopic (exact) mass is 281 g/mol. The number of rotatable bonds is 8. The highest BCUT2D eigenvalue weighted by Gasteiger charge is 2.39. The van der Waals surface area contributed by atoms with E-state index in [4.69, 9.17) is 14.6 Å². The number of halogens is 3. The van der Waals surface area contributed by atoms with Crippen molar-refractivity contribution in [3.8, 4) is 0 Å². The number of aryl methyl sites for hydroxylation is 1. The Kier molecular flexibility index (Phi) is 6.33. The number of aliphatic hydroxyl groups excluding tert-OH is 1. The highest BCUT2D eigenvalue weighted by atomic mass is 19.4. The lowest BCUT2D eigenvalue weighted by molar-refractivity contribution is -0.206. The number of nitrogens with zero attached hydrogens (tertiary/aromatic N) is 1. The van der Waals surface area contributed by atoms with Crippen LogP contribution in [0.3, 0.4) is 0 Å². The fraction of sp³-hybridized carbons (Fsp3) is 0.667. The van der Waals surface area contributed by atoms with Crippen LogP contribution in [0.25, 0.3) is 0 Å². The molecule has 0 aliphatic heterocycles. The van der Waals surface area contributed by atoms with Crippen molar-refractivity contribution in [2.75, 3.05) is 26.9 Å². The van der Waals surface area contributed by atoms with E-state index in [-0.39, 0.29) is 5.56 Å². The van der Waals surface area contributed by atoms with Crippen molar-refractivity contribution >= 4 is 0 Å². The summed E-state index contributed by atoms with van der Waals surface area (Å²) in [7, 11) is 1.58. The first-order valence-electron chi connectivity index (χ1n) is 5.92. The molecular weight excluding hydrogens is 263 g/mol. The van der Waals surface area contributed by atoms with Gasteiger partial charge in [0, 0.05) is 38.2 Å². The molecule has 1 atom stereocenters. The Morgan fingerprint density at radius 2 is 2.05 bits per heavy atom. The molecule has 1 heterocycles. The van der Waals surface area contributed by atoms with Crippen LogP contribution >= 0.6 is 0 Å². The fourth-order valence-corrected chi connectivity index (χ4v) is 1.54. The van der Waals surface area contributed by atoms with E-state index >= 15 is 0 Å². The largest absolute Gasteiger partial charge is 0.418 e. The molecule has 19 heavy (non-hydrogen) atoms. The van der Waals surface area contributed by atoms with Gasteiger partial charge in [-0.15, -0.1) is 0 Å². The third-order valence-corrected chi connectivity index (χ3v) is 2.54. The molecule has 1 aromatic heterocycles. The second kappa shape index (κ2) is 7.52. The molecule has 1 aromatic rings. The van der Waals surface area contributed by atoms with E-state index in [0.717, 1.165) is 0 Å². The third-order valence-electron chi connectivity index (χ3n) is 2.54. The Labute approximate surface area is 109 Å². The molecule has 7 heteroatoms. The SMILES string of the molecule is COCCOCCCn1ccc(C(O)C(F)(F)F)c1. The maximum Gasteiger partial charge on any atom is 0.418 e. The number of ether oxygens (including phenoxy) is 2. The molecule has 0 bridgehead atoms. The average molecular weight is 281 g/mol. The van der Waals surface area contributed by atoms with Crippen LogP contribution in [0.4, 0.5) is 13.2 Å². The Hall–Kier alpha value is -1.05. The normalized spacial score (nSPS) is 13.7. The minimum absolute atomic E-state index is 0.146. The summed E-state index contributed by atoms with van der Waals surface area (Å²) in [6.45, 7) is 2.07. The second-order valence-electron chi connectivity index (χ2n) is 4.09. The van der Waals surface area contributed by atoms with E-state index < -0.39 is 12.3 Å². The van der Waals surface area contributed by atoms with Gasteiger partial charge in [-0.2, -0.15) is 13.2 Å². The van der Waals surface area contributed by atoms with Crippen molar-refractivity contribution in [1.29, 1.82) is 0 Å². The number of alkyl halides is 3. The first kappa shape index (κ1) is 16.0. The number of hydrogen-bond acceptors (Lipinski definition) is 3. The molecule has 1 N–H and O–H groups in total. The van der Waals surface area contributed by atoms with Gasteiger partial charge in [0.1, 0.15) is 0 Å². The molecule has 1 rings (SSSR count). The van der Waals surface area contributed by atoms with Crippen LogP contribution in [0.5, 0.6) is 0 Å². The van der Waals surface area contributed by atoms with Crippen LogP contribution in [0, 0.1) is 0 Å². The van der Waals surface area contributed by atoms with Crippen molar-refractivity contribution in [3.63, 3.8) is 0 Å². The first-order valence-corrected chi connectivity index (χ1v) is 5.92. The molecule has 0 spiro atoms. The summed E-state index contributed by atoms with van der Waals surface area (Å²) in [6, 6.07) is 1.27. The van der Waals surface area contributed by atoms with E-state index in [9.17, 15) is 13.2 Å². The summed E-state index contributed by atoms with van der Waals surface area (Å²) < 4.78 is 48.5. The summed E-state index contributed by atoms with van der Waals surface area (Å²) in [5.41, 5.74) is -0.146. The highest BCUT2D eigenvalue weighted by Crippen LogP contribution is 2.32. The molecule has 110 valence electrons. The Morgan fingerprint density at radius 3 is 2.68 bits per heavy atom. The van der Waals surface area contributed by atoms with Crippen molar-refractivity contribution in [3.05, 3.63) is 24.0 Å². The molecule has 0 aliphatic rings. The molecule has 0 radical (unpaired) electrons. The number of hydrogen-bond donors (Lipinski definition) is 1. The zero-order chi connectivity index (χ0) is 14.3. The van der Waals surface area contributed by atoms with Crippen LogP contribution in [0.2, 0.25) is 0 Å². The smallest absolute Gasteiger partial charge is 0.382 e. The zero-order valence-electron chi connectivity index (χ0n) is 10.7. The van der Waals surface area contributed by atoms with Crippen LogP contribution in [0.15, 0.2) is 18.5 Å². The molecule has 0 aliphatic carbocycles. The topological polar surface area (TPSA) is 43.6 Å². The lowest BCUT2D eigenvalue weighted by Crippen LogP contribution is -2.19. The standard InChI is InChI=1S/C12H18F3NO3/c1-18-7-8-19-6-2-4-16-5-3-10(9-16)11(17)12(13,14)15/h3,5,9,11,17H,2,4,6-8H2,1H3. The van der Waals surface area contributed by atoms with Crippen LogP contribution < -0.4 is 0 Å². The zero-order valence-corrected chi connectivity index (χ0v) is 10.7. The van der Waals surface area contributed by atoms with E-state index in [0.29, 0.717) is 32.8 Å². The van der Waals surface area contributed by atoms with Gasteiger partial charge >= 0.3 is 6.18 Å². The summed E-state index contributed by atoms with van der Waals surface area (Å²) in [4.78, 5) is 0. The lowest BCUT2D eigenvalue weighted by Gasteiger charge is -2.12. The first-order chi connectivity index (χ1) is 8.95. The van der Waals surface area contributed by atoms with Crippen molar-refractivity contribution < 1.29 is 27.8 Å². The third kappa shape index (κ3) is 5.63. The molecule has 0 saturated carbocycles. The predicted octanol–water partition coefficient (Wildman–Crippen LogP) is 2.14. The van der Waals surface area contributed by atoms with Gasteiger partial charge < -0.3 is 19.1 Å². The summed E-state index contributed by atoms with van der Waals surface area (Å²) in [5.74, 6) is 0. The van der Waals surface area contributed by atoms with Gasteiger partial charge in [-0.05, 0) is 12.5 Å². The minimum atomic E-state index is -4.63. The summed E-state index contributed by atoms with van der Waals surface area (Å²) in [5, 5.41) is 9.06. The van der Waals surface area contributed by atoms with Crippen molar-refractivity contribution in [2.45, 2.75) is 25.2 Å². The Morgan fingerprint density at radius 1 is 1.32 bits per heavy atom. The average Bonchev–Trinajstić information content (AvgIpc) is 2.80. The quantitative estimate of drug-likeness (QED) is 0.742. The van der Waals surface area contributed by atoms with Gasteiger partial charge in [0.25, 0.3) is 0 Å². The van der Waals surface area contributed by atoms with E-state index in [1.807, 2.05) is 0 Å². The summed E-state index contributed by atoms with van der Waals surface area (Å²) >= 11 is 0. The van der Waals surface area contributed by atoms with Crippen LogP contribution in [0.1, 0.15) is 18.1 Å². The maximum atomic E-state index is 12.3. The molecule has 0 aromatic carbocycles. The molecule has 0 amide bonds. The van der Waals surface area contributed by atoms with Gasteiger partial charge in [0.05, 0.1) is 13.2 Å². The molecule has 0 saturated heterocycles. The Balaban J connectivity index is 2.31. The Bertz CT molecular complexity index is 365. The van der Waals surface area contributed by atoms with Crippen LogP contribution in [-0.2, 0) is 16.0 Å².